The molecule has 21 heavy (non-hydrogen) atoms. The van der Waals surface area contributed by atoms with Gasteiger partial charge in [0.2, 0.25) is 0 Å². The second-order valence-corrected chi connectivity index (χ2v) is 6.01. The largest absolute Gasteiger partial charge is 0.314 e. The molecule has 1 aliphatic rings. The van der Waals surface area contributed by atoms with Gasteiger partial charge in [0.15, 0.2) is 0 Å². The van der Waals surface area contributed by atoms with E-state index in [-0.39, 0.29) is 0 Å². The van der Waals surface area contributed by atoms with E-state index in [1.807, 2.05) is 12.1 Å². The summed E-state index contributed by atoms with van der Waals surface area (Å²) >= 11 is 6.11. The monoisotopic (exact) mass is 305 g/mol. The minimum Gasteiger partial charge on any atom is -0.314 e. The summed E-state index contributed by atoms with van der Waals surface area (Å²) in [5, 5.41) is 12.0. The van der Waals surface area contributed by atoms with Crippen LogP contribution in [-0.4, -0.2) is 33.4 Å². The standard InChI is InChI=1S/C15H20ClN5/c1-11-6-14(4-5-18-11)19-8-12-2-3-13(16)7-15(12)21-10-17-9-20-21/h2-3,7,9-11,14,18-19H,4-6,8H2,1H3. The Bertz CT molecular complexity index is 584. The fraction of sp³-hybridized carbons (Fsp3) is 0.467. The third-order valence-corrected chi connectivity index (χ3v) is 4.15. The lowest BCUT2D eigenvalue weighted by molar-refractivity contribution is 0.331. The number of benzene rings is 1. The highest BCUT2D eigenvalue weighted by atomic mass is 35.5. The molecule has 0 bridgehead atoms. The molecular weight excluding hydrogens is 286 g/mol. The smallest absolute Gasteiger partial charge is 0.138 e. The SMILES string of the molecule is CC1CC(NCc2ccc(Cl)cc2-n2cncn2)CCN1. The van der Waals surface area contributed by atoms with E-state index < -0.39 is 0 Å². The number of nitrogens with zero attached hydrogens (tertiary/aromatic N) is 3. The first-order chi connectivity index (χ1) is 10.2. The van der Waals surface area contributed by atoms with Crippen LogP contribution in [-0.2, 0) is 6.54 Å². The predicted molar refractivity (Wildman–Crippen MR) is 83.7 cm³/mol. The van der Waals surface area contributed by atoms with E-state index in [0.29, 0.717) is 17.1 Å². The molecule has 0 aliphatic carbocycles. The second-order valence-electron chi connectivity index (χ2n) is 5.57. The topological polar surface area (TPSA) is 54.8 Å². The maximum Gasteiger partial charge on any atom is 0.138 e. The number of piperidine rings is 1. The number of nitrogens with one attached hydrogen (secondary N) is 2. The Hall–Kier alpha value is -1.43. The highest BCUT2D eigenvalue weighted by Gasteiger charge is 2.18. The molecule has 2 aromatic rings. The molecule has 1 aromatic carbocycles. The molecule has 2 unspecified atom stereocenters. The highest BCUT2D eigenvalue weighted by molar-refractivity contribution is 6.30. The van der Waals surface area contributed by atoms with Crippen molar-refractivity contribution in [3.8, 4) is 5.69 Å². The zero-order valence-electron chi connectivity index (χ0n) is 12.1. The van der Waals surface area contributed by atoms with Crippen molar-refractivity contribution >= 4 is 11.6 Å². The number of aromatic nitrogens is 3. The molecule has 112 valence electrons. The summed E-state index contributed by atoms with van der Waals surface area (Å²) in [6.07, 6.45) is 5.55. The van der Waals surface area contributed by atoms with Crippen LogP contribution in [0.5, 0.6) is 0 Å². The van der Waals surface area contributed by atoms with E-state index in [0.717, 1.165) is 31.6 Å². The van der Waals surface area contributed by atoms with Gasteiger partial charge in [-0.05, 0) is 44.0 Å². The predicted octanol–water partition coefficient (Wildman–Crippen LogP) is 2.15. The first kappa shape index (κ1) is 14.5. The van der Waals surface area contributed by atoms with E-state index in [1.165, 1.54) is 11.9 Å². The normalized spacial score (nSPS) is 22.4. The maximum atomic E-state index is 6.11. The molecule has 6 heteroatoms. The van der Waals surface area contributed by atoms with Gasteiger partial charge in [-0.15, -0.1) is 0 Å². The van der Waals surface area contributed by atoms with E-state index in [4.69, 9.17) is 11.6 Å². The van der Waals surface area contributed by atoms with Crippen molar-refractivity contribution in [3.63, 3.8) is 0 Å². The van der Waals surface area contributed by atoms with Gasteiger partial charge in [-0.25, -0.2) is 9.67 Å². The van der Waals surface area contributed by atoms with Crippen LogP contribution in [0.25, 0.3) is 5.69 Å². The van der Waals surface area contributed by atoms with Gasteiger partial charge in [0, 0.05) is 23.7 Å². The van der Waals surface area contributed by atoms with Crippen molar-refractivity contribution in [2.75, 3.05) is 6.54 Å². The van der Waals surface area contributed by atoms with Gasteiger partial charge < -0.3 is 10.6 Å². The first-order valence-corrected chi connectivity index (χ1v) is 7.70. The molecular formula is C15H20ClN5. The Morgan fingerprint density at radius 3 is 3.14 bits per heavy atom. The van der Waals surface area contributed by atoms with Crippen molar-refractivity contribution in [3.05, 3.63) is 41.4 Å². The number of halogens is 1. The Labute approximate surface area is 129 Å². The maximum absolute atomic E-state index is 6.11. The molecule has 1 aliphatic heterocycles. The van der Waals surface area contributed by atoms with Crippen molar-refractivity contribution in [1.29, 1.82) is 0 Å². The van der Waals surface area contributed by atoms with Gasteiger partial charge in [-0.1, -0.05) is 17.7 Å². The van der Waals surface area contributed by atoms with Crippen LogP contribution in [0.1, 0.15) is 25.3 Å². The van der Waals surface area contributed by atoms with Crippen LogP contribution in [0.3, 0.4) is 0 Å². The minimum absolute atomic E-state index is 0.556. The average Bonchev–Trinajstić information content (AvgIpc) is 3.00. The molecule has 2 N–H and O–H groups in total. The van der Waals surface area contributed by atoms with E-state index in [9.17, 15) is 0 Å². The van der Waals surface area contributed by atoms with Crippen LogP contribution < -0.4 is 10.6 Å². The van der Waals surface area contributed by atoms with Crippen LogP contribution >= 0.6 is 11.6 Å². The van der Waals surface area contributed by atoms with Crippen molar-refractivity contribution < 1.29 is 0 Å². The fourth-order valence-electron chi connectivity index (χ4n) is 2.80. The molecule has 1 aromatic heterocycles. The van der Waals surface area contributed by atoms with Gasteiger partial charge >= 0.3 is 0 Å². The summed E-state index contributed by atoms with van der Waals surface area (Å²) in [6.45, 7) is 4.12. The average molecular weight is 306 g/mol. The van der Waals surface area contributed by atoms with Gasteiger partial charge in [0.1, 0.15) is 12.7 Å². The molecule has 0 spiro atoms. The van der Waals surface area contributed by atoms with Crippen LogP contribution in [0.15, 0.2) is 30.9 Å². The summed E-state index contributed by atoms with van der Waals surface area (Å²) in [5.41, 5.74) is 2.16. The summed E-state index contributed by atoms with van der Waals surface area (Å²) in [5.74, 6) is 0. The van der Waals surface area contributed by atoms with Gasteiger partial charge in [-0.2, -0.15) is 5.10 Å². The number of hydrogen-bond donors (Lipinski definition) is 2. The van der Waals surface area contributed by atoms with Gasteiger partial charge in [-0.3, -0.25) is 0 Å². The van der Waals surface area contributed by atoms with Crippen LogP contribution in [0.4, 0.5) is 0 Å². The minimum atomic E-state index is 0.556. The Morgan fingerprint density at radius 2 is 2.38 bits per heavy atom. The zero-order chi connectivity index (χ0) is 14.7. The molecule has 0 radical (unpaired) electrons. The molecule has 1 saturated heterocycles. The fourth-order valence-corrected chi connectivity index (χ4v) is 2.97. The Kier molecular flexibility index (Phi) is 4.53. The van der Waals surface area contributed by atoms with E-state index in [2.05, 4.69) is 33.7 Å². The summed E-state index contributed by atoms with van der Waals surface area (Å²) in [7, 11) is 0. The summed E-state index contributed by atoms with van der Waals surface area (Å²) < 4.78 is 1.76. The third-order valence-electron chi connectivity index (χ3n) is 3.92. The van der Waals surface area contributed by atoms with E-state index >= 15 is 0 Å². The first-order valence-electron chi connectivity index (χ1n) is 7.32. The Balaban J connectivity index is 1.73. The molecule has 2 atom stereocenters. The van der Waals surface area contributed by atoms with Gasteiger partial charge in [0.05, 0.1) is 5.69 Å². The molecule has 0 saturated carbocycles. The van der Waals surface area contributed by atoms with Crippen molar-refractivity contribution in [1.82, 2.24) is 25.4 Å². The third kappa shape index (κ3) is 3.61. The van der Waals surface area contributed by atoms with Gasteiger partial charge in [0.25, 0.3) is 0 Å². The molecule has 1 fully saturated rings. The highest BCUT2D eigenvalue weighted by Crippen LogP contribution is 2.20. The molecule has 5 nitrogen and oxygen atoms in total. The summed E-state index contributed by atoms with van der Waals surface area (Å²) in [4.78, 5) is 4.01. The Morgan fingerprint density at radius 1 is 1.48 bits per heavy atom. The molecule has 0 amide bonds. The van der Waals surface area contributed by atoms with Crippen molar-refractivity contribution in [2.24, 2.45) is 0 Å². The number of hydrogen-bond acceptors (Lipinski definition) is 4. The molecule has 3 rings (SSSR count). The van der Waals surface area contributed by atoms with Crippen LogP contribution in [0, 0.1) is 0 Å². The second kappa shape index (κ2) is 6.56. The summed E-state index contributed by atoms with van der Waals surface area (Å²) in [6, 6.07) is 7.04. The zero-order valence-corrected chi connectivity index (χ0v) is 12.8. The molecule has 2 heterocycles. The van der Waals surface area contributed by atoms with Crippen LogP contribution in [0.2, 0.25) is 5.02 Å². The quantitative estimate of drug-likeness (QED) is 0.909. The lowest BCUT2D eigenvalue weighted by atomic mass is 10.0. The lowest BCUT2D eigenvalue weighted by Gasteiger charge is -2.29. The van der Waals surface area contributed by atoms with E-state index in [1.54, 1.807) is 11.0 Å². The lowest BCUT2D eigenvalue weighted by Crippen LogP contribution is -2.44. The van der Waals surface area contributed by atoms with Crippen molar-refractivity contribution in [2.45, 2.75) is 38.4 Å². The number of rotatable bonds is 4.